The molecule has 1 fully saturated rings. The van der Waals surface area contributed by atoms with Crippen LogP contribution >= 0.6 is 0 Å². The van der Waals surface area contributed by atoms with Gasteiger partial charge in [0.15, 0.2) is 0 Å². The summed E-state index contributed by atoms with van der Waals surface area (Å²) in [7, 11) is 1.92. The summed E-state index contributed by atoms with van der Waals surface area (Å²) in [5, 5.41) is 6.46. The van der Waals surface area contributed by atoms with Gasteiger partial charge in [-0.2, -0.15) is 0 Å². The Balaban J connectivity index is 1.24. The third-order valence-corrected chi connectivity index (χ3v) is 7.32. The van der Waals surface area contributed by atoms with E-state index in [9.17, 15) is 13.6 Å². The number of nitrogens with one attached hydrogen (secondary N) is 3. The molecule has 0 spiro atoms. The van der Waals surface area contributed by atoms with Gasteiger partial charge in [0.2, 0.25) is 5.95 Å². The van der Waals surface area contributed by atoms with Crippen LogP contribution in [0.3, 0.4) is 0 Å². The fourth-order valence-electron chi connectivity index (χ4n) is 4.96. The molecular weight excluding hydrogens is 502 g/mol. The van der Waals surface area contributed by atoms with E-state index in [4.69, 9.17) is 0 Å². The van der Waals surface area contributed by atoms with E-state index < -0.39 is 11.6 Å². The predicted octanol–water partition coefficient (Wildman–Crippen LogP) is 4.06. The molecule has 11 heteroatoms. The van der Waals surface area contributed by atoms with E-state index >= 15 is 0 Å². The van der Waals surface area contributed by atoms with Gasteiger partial charge in [-0.3, -0.25) is 9.79 Å². The van der Waals surface area contributed by atoms with Crippen molar-refractivity contribution in [2.45, 2.75) is 25.4 Å². The van der Waals surface area contributed by atoms with Crippen LogP contribution in [0, 0.1) is 11.6 Å². The SMILES string of the molecule is CNC1(C)CCN(C(=O)c2ccc(Nc3ncc4c(n3)-c3nc[nH]c3C(c3c(F)cccc3F)=NC4)cc2)C1. The maximum Gasteiger partial charge on any atom is 0.253 e. The number of nitrogens with zero attached hydrogens (tertiary/aromatic N) is 5. The molecule has 2 aromatic heterocycles. The maximum atomic E-state index is 14.6. The van der Waals surface area contributed by atoms with Gasteiger partial charge < -0.3 is 20.5 Å². The predicted molar refractivity (Wildman–Crippen MR) is 143 cm³/mol. The molecule has 1 saturated heterocycles. The van der Waals surface area contributed by atoms with Gasteiger partial charge >= 0.3 is 0 Å². The maximum absolute atomic E-state index is 14.6. The summed E-state index contributed by atoms with van der Waals surface area (Å²) in [5.74, 6) is -1.12. The van der Waals surface area contributed by atoms with Crippen LogP contribution in [0.5, 0.6) is 0 Å². The quantitative estimate of drug-likeness (QED) is 0.360. The van der Waals surface area contributed by atoms with Gasteiger partial charge in [-0.15, -0.1) is 0 Å². The lowest BCUT2D eigenvalue weighted by Gasteiger charge is -2.24. The summed E-state index contributed by atoms with van der Waals surface area (Å²) in [6.45, 7) is 3.62. The number of likely N-dealkylation sites (N-methyl/N-ethyl adjacent to an activating group) is 1. The van der Waals surface area contributed by atoms with E-state index in [1.165, 1.54) is 24.5 Å². The van der Waals surface area contributed by atoms with Crippen molar-refractivity contribution in [3.63, 3.8) is 0 Å². The molecule has 2 aliphatic heterocycles. The summed E-state index contributed by atoms with van der Waals surface area (Å²) in [4.78, 5) is 35.7. The van der Waals surface area contributed by atoms with Gasteiger partial charge in [-0.25, -0.2) is 23.7 Å². The number of hydrogen-bond acceptors (Lipinski definition) is 7. The zero-order valence-electron chi connectivity index (χ0n) is 21.4. The highest BCUT2D eigenvalue weighted by atomic mass is 19.1. The standard InChI is InChI=1S/C28H26F2N8O/c1-28(31-2)10-11-38(14-28)26(39)16-6-8-18(9-7-16)36-27-33-13-17-12-32-23(21-19(29)4-3-5-20(21)30)25-24(22(17)37-27)34-15-35-25/h3-9,13,15,31H,10-12,14H2,1-2H3,(H,34,35)(H,33,36,37). The van der Waals surface area contributed by atoms with Crippen LogP contribution < -0.4 is 10.6 Å². The number of imidazole rings is 1. The Kier molecular flexibility index (Phi) is 6.15. The minimum atomic E-state index is -0.712. The van der Waals surface area contributed by atoms with E-state index in [0.717, 1.165) is 6.42 Å². The van der Waals surface area contributed by atoms with E-state index in [1.54, 1.807) is 30.5 Å². The second kappa shape index (κ2) is 9.66. The summed E-state index contributed by atoms with van der Waals surface area (Å²) in [5.41, 5.74) is 3.14. The average Bonchev–Trinajstić information content (AvgIpc) is 3.55. The van der Waals surface area contributed by atoms with Crippen molar-refractivity contribution in [3.8, 4) is 11.4 Å². The molecule has 39 heavy (non-hydrogen) atoms. The first kappa shape index (κ1) is 24.8. The van der Waals surface area contributed by atoms with Gasteiger partial charge in [0.05, 0.1) is 29.8 Å². The highest BCUT2D eigenvalue weighted by molar-refractivity contribution is 6.15. The number of aromatic amines is 1. The Morgan fingerprint density at radius 2 is 1.85 bits per heavy atom. The topological polar surface area (TPSA) is 111 Å². The second-order valence-corrected chi connectivity index (χ2v) is 9.94. The summed E-state index contributed by atoms with van der Waals surface area (Å²) >= 11 is 0. The molecule has 6 rings (SSSR count). The number of benzene rings is 2. The minimum absolute atomic E-state index is 0.00467. The monoisotopic (exact) mass is 528 g/mol. The highest BCUT2D eigenvalue weighted by Gasteiger charge is 2.35. The number of aliphatic imine (C=N–C) groups is 1. The Morgan fingerprint density at radius 3 is 2.56 bits per heavy atom. The number of halogens is 2. The molecule has 4 heterocycles. The number of likely N-dealkylation sites (tertiary alicyclic amines) is 1. The molecular formula is C28H26F2N8O. The third kappa shape index (κ3) is 4.54. The van der Waals surface area contributed by atoms with Crippen molar-refractivity contribution in [2.75, 3.05) is 25.5 Å². The lowest BCUT2D eigenvalue weighted by molar-refractivity contribution is 0.0782. The summed E-state index contributed by atoms with van der Waals surface area (Å²) < 4.78 is 29.2. The lowest BCUT2D eigenvalue weighted by atomic mass is 10.0. The Morgan fingerprint density at radius 1 is 1.08 bits per heavy atom. The van der Waals surface area contributed by atoms with Crippen LogP contribution in [0.25, 0.3) is 11.4 Å². The van der Waals surface area contributed by atoms with Crippen molar-refractivity contribution in [2.24, 2.45) is 4.99 Å². The molecule has 9 nitrogen and oxygen atoms in total. The van der Waals surface area contributed by atoms with Gasteiger partial charge in [-0.05, 0) is 56.8 Å². The number of carbonyl (C=O) groups excluding carboxylic acids is 1. The molecule has 1 unspecified atom stereocenters. The smallest absolute Gasteiger partial charge is 0.253 e. The Labute approximate surface area is 223 Å². The zero-order valence-corrected chi connectivity index (χ0v) is 21.4. The first-order valence-corrected chi connectivity index (χ1v) is 12.6. The van der Waals surface area contributed by atoms with Crippen LogP contribution in [0.15, 0.2) is 60.0 Å². The fraction of sp³-hybridized carbons (Fsp3) is 0.250. The first-order valence-electron chi connectivity index (χ1n) is 12.6. The van der Waals surface area contributed by atoms with Crippen molar-refractivity contribution < 1.29 is 13.6 Å². The lowest BCUT2D eigenvalue weighted by Crippen LogP contribution is -2.43. The fourth-order valence-corrected chi connectivity index (χ4v) is 4.96. The number of anilines is 2. The first-order chi connectivity index (χ1) is 18.8. The van der Waals surface area contributed by atoms with Gasteiger partial charge in [-0.1, -0.05) is 6.07 Å². The number of fused-ring (bicyclic) bond motifs is 3. The molecule has 2 aromatic carbocycles. The van der Waals surface area contributed by atoms with E-state index in [2.05, 4.69) is 42.5 Å². The number of hydrogen-bond donors (Lipinski definition) is 3. The van der Waals surface area contributed by atoms with Crippen molar-refractivity contribution in [3.05, 3.63) is 89.0 Å². The van der Waals surface area contributed by atoms with Crippen LogP contribution in [-0.4, -0.2) is 62.1 Å². The van der Waals surface area contributed by atoms with Gasteiger partial charge in [0.25, 0.3) is 5.91 Å². The molecule has 0 aliphatic carbocycles. The van der Waals surface area contributed by atoms with E-state index in [0.29, 0.717) is 52.9 Å². The third-order valence-electron chi connectivity index (χ3n) is 7.32. The molecule has 2 aliphatic rings. The van der Waals surface area contributed by atoms with Gasteiger partial charge in [0, 0.05) is 41.6 Å². The molecule has 3 N–H and O–H groups in total. The largest absolute Gasteiger partial charge is 0.343 e. The Bertz CT molecular complexity index is 1580. The Hall–Kier alpha value is -4.51. The van der Waals surface area contributed by atoms with Gasteiger partial charge in [0.1, 0.15) is 23.0 Å². The molecule has 1 amide bonds. The molecule has 0 bridgehead atoms. The number of carbonyl (C=O) groups is 1. The average molecular weight is 529 g/mol. The zero-order chi connectivity index (χ0) is 27.1. The molecule has 0 radical (unpaired) electrons. The molecule has 4 aromatic rings. The number of rotatable bonds is 5. The summed E-state index contributed by atoms with van der Waals surface area (Å²) in [6, 6.07) is 10.9. The van der Waals surface area contributed by atoms with Crippen molar-refractivity contribution >= 4 is 23.3 Å². The van der Waals surface area contributed by atoms with Crippen LogP contribution in [0.1, 0.15) is 40.5 Å². The molecule has 198 valence electrons. The number of aromatic nitrogens is 4. The minimum Gasteiger partial charge on any atom is -0.343 e. The second-order valence-electron chi connectivity index (χ2n) is 9.94. The number of H-pyrrole nitrogens is 1. The van der Waals surface area contributed by atoms with Crippen molar-refractivity contribution in [1.29, 1.82) is 0 Å². The number of amides is 1. The molecule has 1 atom stereocenters. The van der Waals surface area contributed by atoms with E-state index in [1.807, 2.05) is 11.9 Å². The van der Waals surface area contributed by atoms with Crippen LogP contribution in [-0.2, 0) is 6.54 Å². The summed E-state index contributed by atoms with van der Waals surface area (Å²) in [6.07, 6.45) is 3.97. The van der Waals surface area contributed by atoms with Crippen LogP contribution in [0.4, 0.5) is 20.4 Å². The van der Waals surface area contributed by atoms with E-state index in [-0.39, 0.29) is 29.3 Å². The molecule has 0 saturated carbocycles. The van der Waals surface area contributed by atoms with Crippen molar-refractivity contribution in [1.82, 2.24) is 30.2 Å². The normalized spacial score (nSPS) is 18.3. The van der Waals surface area contributed by atoms with Crippen LogP contribution in [0.2, 0.25) is 0 Å². The highest BCUT2D eigenvalue weighted by Crippen LogP contribution is 2.31.